The lowest BCUT2D eigenvalue weighted by molar-refractivity contribution is -0.139. The molecule has 6 rings (SSSR count). The molecule has 0 aromatic carbocycles. The van der Waals surface area contributed by atoms with Gasteiger partial charge < -0.3 is 0 Å². The monoisotopic (exact) mass is 384 g/mol. The number of imide groups is 2. The van der Waals surface area contributed by atoms with Crippen molar-refractivity contribution >= 4 is 35.3 Å². The summed E-state index contributed by atoms with van der Waals surface area (Å²) in [7, 11) is 0. The molecular formula is C21H24N2O3S. The zero-order valence-electron chi connectivity index (χ0n) is 15.4. The summed E-state index contributed by atoms with van der Waals surface area (Å²) in [6, 6.07) is 3.00. The predicted octanol–water partition coefficient (Wildman–Crippen LogP) is 3.81. The highest BCUT2D eigenvalue weighted by molar-refractivity contribution is 7.10. The summed E-state index contributed by atoms with van der Waals surface area (Å²) < 4.78 is 0. The number of amides is 4. The fourth-order valence-electron chi connectivity index (χ4n) is 6.50. The minimum Gasteiger partial charge on any atom is -0.273 e. The van der Waals surface area contributed by atoms with Crippen molar-refractivity contribution in [1.82, 2.24) is 10.2 Å². The van der Waals surface area contributed by atoms with Gasteiger partial charge in [0.2, 0.25) is 0 Å². The Hall–Kier alpha value is -1.95. The van der Waals surface area contributed by atoms with Gasteiger partial charge >= 0.3 is 6.03 Å². The standard InChI is InChI=1S/C21H24N2O3S/c1-12(21-9-13-5-14(10-21)7-15(6-13)11-21)23-19(25)17(18(24)22-20(23)26)8-16-3-2-4-27-16/h2-4,8,12-15H,5-7,9-11H2,1H3,(H,22,24,26)/b17-8+/t12-,13?,14?,15?,21?/m1/s1. The van der Waals surface area contributed by atoms with Gasteiger partial charge in [0.1, 0.15) is 5.57 Å². The van der Waals surface area contributed by atoms with Gasteiger partial charge in [0, 0.05) is 10.9 Å². The Morgan fingerprint density at radius 2 is 1.78 bits per heavy atom. The molecule has 1 aromatic heterocycles. The highest BCUT2D eigenvalue weighted by Crippen LogP contribution is 2.62. The van der Waals surface area contributed by atoms with Crippen molar-refractivity contribution in [2.45, 2.75) is 51.5 Å². The SMILES string of the molecule is C[C@@H](N1C(=O)NC(=O)/C(=C\c2cccs2)C1=O)C12CC3CC(CC(C3)C1)C2. The third kappa shape index (κ3) is 2.68. The highest BCUT2D eigenvalue weighted by atomic mass is 32.1. The Labute approximate surface area is 162 Å². The lowest BCUT2D eigenvalue weighted by atomic mass is 9.47. The molecule has 0 spiro atoms. The van der Waals surface area contributed by atoms with E-state index in [0.29, 0.717) is 0 Å². The molecule has 5 nitrogen and oxygen atoms in total. The first-order valence-corrected chi connectivity index (χ1v) is 10.8. The summed E-state index contributed by atoms with van der Waals surface area (Å²) in [6.45, 7) is 2.02. The number of thiophene rings is 1. The normalized spacial score (nSPS) is 37.8. The molecule has 142 valence electrons. The molecular weight excluding hydrogens is 360 g/mol. The predicted molar refractivity (Wildman–Crippen MR) is 103 cm³/mol. The fourth-order valence-corrected chi connectivity index (χ4v) is 7.16. The molecule has 2 heterocycles. The molecule has 5 aliphatic rings. The van der Waals surface area contributed by atoms with Gasteiger partial charge in [0.15, 0.2) is 0 Å². The number of carbonyl (C=O) groups excluding carboxylic acids is 3. The molecule has 1 saturated heterocycles. The Balaban J connectivity index is 1.47. The van der Waals surface area contributed by atoms with Crippen molar-refractivity contribution in [3.8, 4) is 0 Å². The van der Waals surface area contributed by atoms with E-state index in [1.807, 2.05) is 24.4 Å². The third-order valence-electron chi connectivity index (χ3n) is 7.32. The number of rotatable bonds is 3. The minimum atomic E-state index is -0.590. The quantitative estimate of drug-likeness (QED) is 0.636. The minimum absolute atomic E-state index is 0.0240. The summed E-state index contributed by atoms with van der Waals surface area (Å²) in [5.74, 6) is 1.19. The van der Waals surface area contributed by atoms with E-state index in [9.17, 15) is 14.4 Å². The number of urea groups is 1. The zero-order chi connectivity index (χ0) is 18.8. The van der Waals surface area contributed by atoms with E-state index < -0.39 is 17.8 Å². The summed E-state index contributed by atoms with van der Waals surface area (Å²) in [4.78, 5) is 40.3. The molecule has 4 aliphatic carbocycles. The number of carbonyl (C=O) groups is 3. The van der Waals surface area contributed by atoms with Gasteiger partial charge in [0.05, 0.1) is 0 Å². The van der Waals surface area contributed by atoms with Gasteiger partial charge in [-0.2, -0.15) is 0 Å². The maximum Gasteiger partial charge on any atom is 0.331 e. The van der Waals surface area contributed by atoms with Crippen LogP contribution in [-0.4, -0.2) is 28.8 Å². The molecule has 5 fully saturated rings. The van der Waals surface area contributed by atoms with Crippen LogP contribution in [0.25, 0.3) is 6.08 Å². The Morgan fingerprint density at radius 3 is 2.33 bits per heavy atom. The van der Waals surface area contributed by atoms with Crippen molar-refractivity contribution < 1.29 is 14.4 Å². The van der Waals surface area contributed by atoms with E-state index in [4.69, 9.17) is 0 Å². The van der Waals surface area contributed by atoms with Crippen LogP contribution in [0.15, 0.2) is 23.1 Å². The van der Waals surface area contributed by atoms with Gasteiger partial charge in [-0.25, -0.2) is 4.79 Å². The molecule has 1 atom stereocenters. The topological polar surface area (TPSA) is 66.5 Å². The third-order valence-corrected chi connectivity index (χ3v) is 8.14. The second kappa shape index (κ2) is 6.03. The lowest BCUT2D eigenvalue weighted by Gasteiger charge is -2.60. The summed E-state index contributed by atoms with van der Waals surface area (Å²) in [5, 5.41) is 4.30. The average molecular weight is 385 g/mol. The average Bonchev–Trinajstić information content (AvgIpc) is 3.10. The van der Waals surface area contributed by atoms with Crippen molar-refractivity contribution in [2.24, 2.45) is 23.2 Å². The molecule has 4 amide bonds. The number of barbiturate groups is 1. The molecule has 4 saturated carbocycles. The van der Waals surface area contributed by atoms with Gasteiger partial charge in [0.25, 0.3) is 11.8 Å². The second-order valence-electron chi connectivity index (χ2n) is 8.96. The van der Waals surface area contributed by atoms with E-state index in [1.165, 1.54) is 35.5 Å². The highest BCUT2D eigenvalue weighted by Gasteiger charge is 2.56. The summed E-state index contributed by atoms with van der Waals surface area (Å²) >= 11 is 1.47. The van der Waals surface area contributed by atoms with Crippen molar-refractivity contribution in [3.63, 3.8) is 0 Å². The molecule has 0 unspecified atom stereocenters. The largest absolute Gasteiger partial charge is 0.331 e. The smallest absolute Gasteiger partial charge is 0.273 e. The second-order valence-corrected chi connectivity index (χ2v) is 9.94. The van der Waals surface area contributed by atoms with Gasteiger partial charge in [-0.15, -0.1) is 11.3 Å². The van der Waals surface area contributed by atoms with E-state index in [-0.39, 0.29) is 17.0 Å². The first kappa shape index (κ1) is 17.2. The number of hydrogen-bond donors (Lipinski definition) is 1. The van der Waals surface area contributed by atoms with Crippen molar-refractivity contribution in [2.75, 3.05) is 0 Å². The van der Waals surface area contributed by atoms with Crippen LogP contribution in [0.2, 0.25) is 0 Å². The van der Waals surface area contributed by atoms with Crippen LogP contribution in [0.4, 0.5) is 4.79 Å². The molecule has 1 aromatic rings. The molecule has 4 bridgehead atoms. The zero-order valence-corrected chi connectivity index (χ0v) is 16.3. The Kier molecular flexibility index (Phi) is 3.83. The Bertz CT molecular complexity index is 806. The maximum absolute atomic E-state index is 13.2. The molecule has 1 N–H and O–H groups in total. The van der Waals surface area contributed by atoms with E-state index in [2.05, 4.69) is 5.32 Å². The van der Waals surface area contributed by atoms with Gasteiger partial charge in [-0.05, 0) is 86.1 Å². The first-order valence-electron chi connectivity index (χ1n) is 9.89. The fraction of sp³-hybridized carbons (Fsp3) is 0.571. The Morgan fingerprint density at radius 1 is 1.15 bits per heavy atom. The first-order chi connectivity index (χ1) is 12.9. The lowest BCUT2D eigenvalue weighted by Crippen LogP contribution is -2.63. The van der Waals surface area contributed by atoms with E-state index >= 15 is 0 Å². The number of nitrogens with one attached hydrogen (secondary N) is 1. The summed E-state index contributed by atoms with van der Waals surface area (Å²) in [5.41, 5.74) is 0.0875. The van der Waals surface area contributed by atoms with Gasteiger partial charge in [-0.1, -0.05) is 6.07 Å². The van der Waals surface area contributed by atoms with Crippen LogP contribution in [0.3, 0.4) is 0 Å². The van der Waals surface area contributed by atoms with Crippen LogP contribution in [0.1, 0.15) is 50.3 Å². The number of hydrogen-bond acceptors (Lipinski definition) is 4. The van der Waals surface area contributed by atoms with Crippen LogP contribution < -0.4 is 5.32 Å². The molecule has 1 aliphatic heterocycles. The van der Waals surface area contributed by atoms with Crippen LogP contribution in [-0.2, 0) is 9.59 Å². The summed E-state index contributed by atoms with van der Waals surface area (Å²) in [6.07, 6.45) is 8.87. The van der Waals surface area contributed by atoms with Gasteiger partial charge in [-0.3, -0.25) is 19.8 Å². The molecule has 0 radical (unpaired) electrons. The van der Waals surface area contributed by atoms with Crippen LogP contribution in [0, 0.1) is 23.2 Å². The van der Waals surface area contributed by atoms with Crippen LogP contribution in [0.5, 0.6) is 0 Å². The van der Waals surface area contributed by atoms with E-state index in [0.717, 1.165) is 41.9 Å². The number of nitrogens with zero attached hydrogens (tertiary/aromatic N) is 1. The van der Waals surface area contributed by atoms with Crippen molar-refractivity contribution in [1.29, 1.82) is 0 Å². The van der Waals surface area contributed by atoms with Crippen LogP contribution >= 0.6 is 11.3 Å². The maximum atomic E-state index is 13.2. The van der Waals surface area contributed by atoms with Crippen molar-refractivity contribution in [3.05, 3.63) is 28.0 Å². The molecule has 27 heavy (non-hydrogen) atoms. The molecule has 6 heteroatoms. The van der Waals surface area contributed by atoms with E-state index in [1.54, 1.807) is 6.08 Å².